The third-order valence-corrected chi connectivity index (χ3v) is 9.29. The average molecular weight is 645 g/mol. The van der Waals surface area contributed by atoms with Crippen LogP contribution in [0.25, 0.3) is 66.1 Å². The van der Waals surface area contributed by atoms with Gasteiger partial charge in [0.05, 0.1) is 44.6 Å². The van der Waals surface area contributed by atoms with Crippen molar-refractivity contribution in [2.75, 3.05) is 0 Å². The lowest BCUT2D eigenvalue weighted by atomic mass is 9.96. The van der Waals surface area contributed by atoms with Crippen LogP contribution in [0.3, 0.4) is 0 Å². The van der Waals surface area contributed by atoms with Crippen molar-refractivity contribution >= 4 is 43.6 Å². The lowest BCUT2D eigenvalue weighted by molar-refractivity contribution is -0.137. The maximum atomic E-state index is 15.4. The minimum Gasteiger partial charge on any atom is -0.307 e. The molecule has 0 spiro atoms. The Balaban J connectivity index is 1.63. The summed E-state index contributed by atoms with van der Waals surface area (Å²) in [5.41, 5.74) is 5.18. The van der Waals surface area contributed by atoms with Gasteiger partial charge in [-0.15, -0.1) is 0 Å². The molecule has 48 heavy (non-hydrogen) atoms. The first-order chi connectivity index (χ1) is 22.9. The number of halogens is 5. The Morgan fingerprint density at radius 2 is 0.812 bits per heavy atom. The third kappa shape index (κ3) is 4.52. The smallest absolute Gasteiger partial charge is 0.307 e. The molecule has 2 aromatic heterocycles. The van der Waals surface area contributed by atoms with Gasteiger partial charge in [0.2, 0.25) is 0 Å². The van der Waals surface area contributed by atoms with Crippen LogP contribution in [0.4, 0.5) is 22.0 Å². The zero-order valence-electron chi connectivity index (χ0n) is 26.6. The van der Waals surface area contributed by atoms with E-state index in [4.69, 9.17) is 0 Å². The summed E-state index contributed by atoms with van der Waals surface area (Å²) < 4.78 is 80.1. The predicted molar refractivity (Wildman–Crippen MR) is 184 cm³/mol. The van der Waals surface area contributed by atoms with E-state index in [1.807, 2.05) is 97.5 Å². The SMILES string of the molecule is Cc1ccc2c(c1)c1cc(C)ccc1n2-c1cc(-c2c(F)cccc2F)c(C(F)(F)F)cc1-n1c2ccc(C)cc2c2cc(C)ccc21. The highest BCUT2D eigenvalue weighted by atomic mass is 19.4. The van der Waals surface area contributed by atoms with Crippen LogP contribution >= 0.6 is 0 Å². The van der Waals surface area contributed by atoms with Gasteiger partial charge in [0.25, 0.3) is 0 Å². The highest BCUT2D eigenvalue weighted by molar-refractivity contribution is 6.12. The molecule has 6 aromatic carbocycles. The molecule has 8 aromatic rings. The molecule has 8 rings (SSSR count). The minimum atomic E-state index is -4.93. The molecule has 238 valence electrons. The largest absolute Gasteiger partial charge is 0.417 e. The van der Waals surface area contributed by atoms with E-state index in [1.165, 1.54) is 6.07 Å². The number of aryl methyl sites for hydroxylation is 4. The first-order valence-electron chi connectivity index (χ1n) is 15.6. The quantitative estimate of drug-likeness (QED) is 0.169. The van der Waals surface area contributed by atoms with Gasteiger partial charge in [-0.25, -0.2) is 8.78 Å². The van der Waals surface area contributed by atoms with E-state index in [1.54, 1.807) is 0 Å². The minimum absolute atomic E-state index is 0.232. The van der Waals surface area contributed by atoms with Crippen molar-refractivity contribution < 1.29 is 22.0 Å². The van der Waals surface area contributed by atoms with Crippen LogP contribution in [0.2, 0.25) is 0 Å². The van der Waals surface area contributed by atoms with Crippen LogP contribution in [-0.2, 0) is 6.18 Å². The van der Waals surface area contributed by atoms with Crippen LogP contribution in [0.15, 0.2) is 103 Å². The van der Waals surface area contributed by atoms with Crippen LogP contribution in [0.1, 0.15) is 27.8 Å². The number of nitrogens with zero attached hydrogens (tertiary/aromatic N) is 2. The molecule has 2 nitrogen and oxygen atoms in total. The molecule has 0 saturated heterocycles. The maximum Gasteiger partial charge on any atom is 0.417 e. The number of fused-ring (bicyclic) bond motifs is 6. The summed E-state index contributed by atoms with van der Waals surface area (Å²) >= 11 is 0. The number of rotatable bonds is 3. The summed E-state index contributed by atoms with van der Waals surface area (Å²) in [4.78, 5) is 0. The Kier molecular flexibility index (Phi) is 6.57. The lowest BCUT2D eigenvalue weighted by Crippen LogP contribution is -2.13. The first kappa shape index (κ1) is 29.9. The Morgan fingerprint density at radius 3 is 1.17 bits per heavy atom. The lowest BCUT2D eigenvalue weighted by Gasteiger charge is -2.22. The molecule has 7 heteroatoms. The second kappa shape index (κ2) is 10.5. The Hall–Kier alpha value is -5.43. The number of benzene rings is 6. The maximum absolute atomic E-state index is 15.4. The number of alkyl halides is 3. The normalized spacial score (nSPS) is 12.3. The van der Waals surface area contributed by atoms with Crippen molar-refractivity contribution in [1.82, 2.24) is 9.13 Å². The van der Waals surface area contributed by atoms with Crippen LogP contribution < -0.4 is 0 Å². The number of aromatic nitrogens is 2. The summed E-state index contributed by atoms with van der Waals surface area (Å²) in [6, 6.07) is 29.2. The summed E-state index contributed by atoms with van der Waals surface area (Å²) in [6.45, 7) is 7.93. The highest BCUT2D eigenvalue weighted by Gasteiger charge is 2.37. The topological polar surface area (TPSA) is 9.86 Å². The highest BCUT2D eigenvalue weighted by Crippen LogP contribution is 2.46. The van der Waals surface area contributed by atoms with Gasteiger partial charge in [0, 0.05) is 27.1 Å². The van der Waals surface area contributed by atoms with Gasteiger partial charge in [-0.05, 0) is 100 Å². The van der Waals surface area contributed by atoms with Crippen LogP contribution in [-0.4, -0.2) is 9.13 Å². The van der Waals surface area contributed by atoms with E-state index in [0.29, 0.717) is 16.7 Å². The zero-order chi connectivity index (χ0) is 33.6. The molecule has 2 heterocycles. The molecule has 0 N–H and O–H groups in total. The number of hydrogen-bond donors (Lipinski definition) is 0. The molecule has 0 atom stereocenters. The van der Waals surface area contributed by atoms with Crippen molar-refractivity contribution in [1.29, 1.82) is 0 Å². The molecule has 0 amide bonds. The molecule has 0 aliphatic carbocycles. The molecule has 0 saturated carbocycles. The predicted octanol–water partition coefficient (Wildman–Crippen LogP) is 12.1. The summed E-state index contributed by atoms with van der Waals surface area (Å²) in [6.07, 6.45) is -4.93. The van der Waals surface area contributed by atoms with E-state index >= 15 is 22.0 Å². The molecule has 0 fully saturated rings. The van der Waals surface area contributed by atoms with Crippen molar-refractivity contribution in [3.8, 4) is 22.5 Å². The van der Waals surface area contributed by atoms with Crippen molar-refractivity contribution in [2.45, 2.75) is 33.9 Å². The van der Waals surface area contributed by atoms with Gasteiger partial charge >= 0.3 is 6.18 Å². The fourth-order valence-corrected chi connectivity index (χ4v) is 7.15. The Bertz CT molecular complexity index is 2480. The van der Waals surface area contributed by atoms with Gasteiger partial charge in [-0.1, -0.05) is 52.6 Å². The molecule has 0 aliphatic heterocycles. The van der Waals surface area contributed by atoms with E-state index in [0.717, 1.165) is 79.1 Å². The van der Waals surface area contributed by atoms with E-state index in [9.17, 15) is 0 Å². The zero-order valence-corrected chi connectivity index (χ0v) is 26.6. The number of hydrogen-bond acceptors (Lipinski definition) is 0. The molecular weight excluding hydrogens is 615 g/mol. The van der Waals surface area contributed by atoms with Gasteiger partial charge in [0.15, 0.2) is 0 Å². The van der Waals surface area contributed by atoms with E-state index in [-0.39, 0.29) is 5.69 Å². The van der Waals surface area contributed by atoms with E-state index < -0.39 is 34.5 Å². The monoisotopic (exact) mass is 644 g/mol. The third-order valence-electron chi connectivity index (χ3n) is 9.29. The second-order valence-electron chi connectivity index (χ2n) is 12.7. The van der Waals surface area contributed by atoms with Crippen molar-refractivity contribution in [3.05, 3.63) is 143 Å². The fourth-order valence-electron chi connectivity index (χ4n) is 7.15. The van der Waals surface area contributed by atoms with Gasteiger partial charge in [-0.2, -0.15) is 13.2 Å². The van der Waals surface area contributed by atoms with Gasteiger partial charge < -0.3 is 9.13 Å². The average Bonchev–Trinajstić information content (AvgIpc) is 3.51. The summed E-state index contributed by atoms with van der Waals surface area (Å²) in [5.74, 6) is -2.15. The van der Waals surface area contributed by atoms with E-state index in [2.05, 4.69) is 12.1 Å². The molecule has 0 radical (unpaired) electrons. The summed E-state index contributed by atoms with van der Waals surface area (Å²) in [7, 11) is 0. The molecule has 0 aliphatic rings. The first-order valence-corrected chi connectivity index (χ1v) is 15.6. The molecular formula is C41H29F5N2. The molecule has 0 unspecified atom stereocenters. The summed E-state index contributed by atoms with van der Waals surface area (Å²) in [5, 5.41) is 3.63. The second-order valence-corrected chi connectivity index (χ2v) is 12.7. The fraction of sp³-hybridized carbons (Fsp3) is 0.122. The van der Waals surface area contributed by atoms with Gasteiger partial charge in [0.1, 0.15) is 11.6 Å². The Morgan fingerprint density at radius 1 is 0.458 bits per heavy atom. The van der Waals surface area contributed by atoms with Crippen LogP contribution in [0, 0.1) is 39.3 Å². The standard InChI is InChI=1S/C41H29F5N2/c1-22-8-12-34-26(16-22)27-17-23(2)9-13-35(27)47(34)38-20-30(40-32(42)6-5-7-33(40)43)31(41(44,45)46)21-39(38)48-36-14-10-24(3)18-28(36)29-19-25(4)11-15-37(29)48/h5-21H,1-4H3. The van der Waals surface area contributed by atoms with Crippen molar-refractivity contribution in [3.63, 3.8) is 0 Å². The van der Waals surface area contributed by atoms with Crippen molar-refractivity contribution in [2.24, 2.45) is 0 Å². The Labute approximate surface area is 273 Å². The van der Waals surface area contributed by atoms with Crippen LogP contribution in [0.5, 0.6) is 0 Å². The van der Waals surface area contributed by atoms with Gasteiger partial charge in [-0.3, -0.25) is 0 Å². The molecule has 0 bridgehead atoms.